The molecule has 21 heavy (non-hydrogen) atoms. The molecule has 2 bridgehead atoms. The van der Waals surface area contributed by atoms with Crippen molar-refractivity contribution in [1.29, 1.82) is 5.41 Å². The fourth-order valence-electron chi connectivity index (χ4n) is 5.22. The van der Waals surface area contributed by atoms with Crippen molar-refractivity contribution < 1.29 is 4.79 Å². The minimum atomic E-state index is -0.102. The molecule has 1 N–H and O–H groups in total. The fourth-order valence-corrected chi connectivity index (χ4v) is 5.22. The smallest absolute Gasteiger partial charge is 0.142 e. The van der Waals surface area contributed by atoms with Crippen molar-refractivity contribution in [3.05, 3.63) is 0 Å². The van der Waals surface area contributed by atoms with Crippen LogP contribution in [-0.4, -0.2) is 29.6 Å². The van der Waals surface area contributed by atoms with E-state index in [1.54, 1.807) is 0 Å². The summed E-state index contributed by atoms with van der Waals surface area (Å²) in [6, 6.07) is 0. The van der Waals surface area contributed by atoms with E-state index in [4.69, 9.17) is 5.41 Å². The van der Waals surface area contributed by atoms with Crippen LogP contribution in [0.3, 0.4) is 0 Å². The molecule has 3 heteroatoms. The fraction of sp³-hybridized carbons (Fsp3) is 0.889. The molecule has 0 radical (unpaired) electrons. The van der Waals surface area contributed by atoms with E-state index in [1.165, 1.54) is 25.7 Å². The van der Waals surface area contributed by atoms with Gasteiger partial charge < -0.3 is 4.90 Å². The van der Waals surface area contributed by atoms with Crippen LogP contribution >= 0.6 is 0 Å². The van der Waals surface area contributed by atoms with E-state index in [-0.39, 0.29) is 16.7 Å². The number of amidine groups is 1. The summed E-state index contributed by atoms with van der Waals surface area (Å²) in [4.78, 5) is 15.0. The second-order valence-corrected chi connectivity index (χ2v) is 8.20. The molecule has 0 aromatic carbocycles. The molecule has 0 aromatic rings. The Labute approximate surface area is 129 Å². The minimum Gasteiger partial charge on any atom is -0.361 e. The van der Waals surface area contributed by atoms with Gasteiger partial charge in [0.2, 0.25) is 0 Å². The van der Waals surface area contributed by atoms with E-state index in [0.717, 1.165) is 38.2 Å². The monoisotopic (exact) mass is 290 g/mol. The number of Topliss-reactive ketones (excluding diaryl/α,β-unsaturated/α-hetero) is 1. The summed E-state index contributed by atoms with van der Waals surface area (Å²) >= 11 is 0. The number of hydrogen-bond donors (Lipinski definition) is 1. The molecule has 0 aromatic heterocycles. The average Bonchev–Trinajstić information content (AvgIpc) is 2.78. The summed E-state index contributed by atoms with van der Waals surface area (Å²) in [6.45, 7) is 8.86. The first-order valence-electron chi connectivity index (χ1n) is 8.74. The van der Waals surface area contributed by atoms with Crippen LogP contribution in [0.5, 0.6) is 0 Å². The Bertz CT molecular complexity index is 450. The van der Waals surface area contributed by atoms with Gasteiger partial charge in [-0.05, 0) is 49.9 Å². The Balaban J connectivity index is 1.61. The van der Waals surface area contributed by atoms with Crippen molar-refractivity contribution >= 4 is 11.6 Å². The molecule has 3 aliphatic rings. The SMILES string of the molecule is CC12CCC(C(CCC(=N)N3CCCCC3)C1=O)C2(C)C. The Morgan fingerprint density at radius 2 is 1.90 bits per heavy atom. The van der Waals surface area contributed by atoms with Gasteiger partial charge in [-0.2, -0.15) is 0 Å². The Kier molecular flexibility index (Phi) is 3.66. The maximum Gasteiger partial charge on any atom is 0.142 e. The number of hydrogen-bond acceptors (Lipinski definition) is 2. The summed E-state index contributed by atoms with van der Waals surface area (Å²) < 4.78 is 0. The summed E-state index contributed by atoms with van der Waals surface area (Å²) in [5.74, 6) is 2.02. The number of likely N-dealkylation sites (tertiary alicyclic amines) is 1. The second-order valence-electron chi connectivity index (χ2n) is 8.20. The van der Waals surface area contributed by atoms with E-state index < -0.39 is 0 Å². The Hall–Kier alpha value is -0.860. The predicted octanol–water partition coefficient (Wildman–Crippen LogP) is 3.87. The first kappa shape index (κ1) is 15.1. The molecule has 118 valence electrons. The number of carbonyl (C=O) groups excluding carboxylic acids is 1. The topological polar surface area (TPSA) is 44.2 Å². The number of carbonyl (C=O) groups is 1. The molecule has 3 nitrogen and oxygen atoms in total. The van der Waals surface area contributed by atoms with Crippen LogP contribution in [0.25, 0.3) is 0 Å². The molecule has 2 saturated carbocycles. The van der Waals surface area contributed by atoms with E-state index >= 15 is 0 Å². The van der Waals surface area contributed by atoms with Gasteiger partial charge in [-0.15, -0.1) is 0 Å². The van der Waals surface area contributed by atoms with Crippen molar-refractivity contribution in [3.8, 4) is 0 Å². The molecular weight excluding hydrogens is 260 g/mol. The van der Waals surface area contributed by atoms with Gasteiger partial charge in [0.05, 0.1) is 5.84 Å². The lowest BCUT2D eigenvalue weighted by Gasteiger charge is -2.32. The van der Waals surface area contributed by atoms with E-state index in [0.29, 0.717) is 11.7 Å². The maximum atomic E-state index is 12.8. The highest BCUT2D eigenvalue weighted by molar-refractivity contribution is 5.92. The Morgan fingerprint density at radius 1 is 1.24 bits per heavy atom. The van der Waals surface area contributed by atoms with Gasteiger partial charge >= 0.3 is 0 Å². The lowest BCUT2D eigenvalue weighted by Crippen LogP contribution is -2.36. The quantitative estimate of drug-likeness (QED) is 0.633. The molecule has 0 spiro atoms. The molecule has 2 aliphatic carbocycles. The first-order valence-corrected chi connectivity index (χ1v) is 8.74. The molecular formula is C18H30N2O. The molecule has 1 saturated heterocycles. The molecule has 1 heterocycles. The van der Waals surface area contributed by atoms with Gasteiger partial charge in [-0.3, -0.25) is 10.2 Å². The van der Waals surface area contributed by atoms with E-state index in [2.05, 4.69) is 25.7 Å². The van der Waals surface area contributed by atoms with Crippen molar-refractivity contribution in [3.63, 3.8) is 0 Å². The van der Waals surface area contributed by atoms with Crippen LogP contribution in [0.4, 0.5) is 0 Å². The van der Waals surface area contributed by atoms with E-state index in [9.17, 15) is 4.79 Å². The number of ketones is 1. The van der Waals surface area contributed by atoms with Crippen molar-refractivity contribution in [2.24, 2.45) is 22.7 Å². The van der Waals surface area contributed by atoms with Crippen LogP contribution in [0, 0.1) is 28.1 Å². The van der Waals surface area contributed by atoms with Crippen molar-refractivity contribution in [2.45, 2.75) is 65.7 Å². The average molecular weight is 290 g/mol. The van der Waals surface area contributed by atoms with Crippen LogP contribution in [0.15, 0.2) is 0 Å². The predicted molar refractivity (Wildman–Crippen MR) is 85.5 cm³/mol. The third-order valence-corrected chi connectivity index (χ3v) is 7.10. The number of piperidine rings is 1. The number of fused-ring (bicyclic) bond motifs is 2. The summed E-state index contributed by atoms with van der Waals surface area (Å²) in [5, 5.41) is 8.31. The van der Waals surface area contributed by atoms with Gasteiger partial charge in [0.25, 0.3) is 0 Å². The van der Waals surface area contributed by atoms with Crippen molar-refractivity contribution in [1.82, 2.24) is 4.90 Å². The van der Waals surface area contributed by atoms with Gasteiger partial charge in [0, 0.05) is 30.8 Å². The van der Waals surface area contributed by atoms with Crippen LogP contribution in [0.2, 0.25) is 0 Å². The van der Waals surface area contributed by atoms with Gasteiger partial charge in [0.15, 0.2) is 0 Å². The molecule has 0 amide bonds. The number of nitrogens with zero attached hydrogens (tertiary/aromatic N) is 1. The highest BCUT2D eigenvalue weighted by Crippen LogP contribution is 2.66. The molecule has 3 atom stereocenters. The molecule has 3 rings (SSSR count). The summed E-state index contributed by atoms with van der Waals surface area (Å²) in [5.41, 5.74) is 0.0533. The van der Waals surface area contributed by atoms with Gasteiger partial charge in [-0.25, -0.2) is 0 Å². The lowest BCUT2D eigenvalue weighted by atomic mass is 9.70. The third kappa shape index (κ3) is 2.15. The second kappa shape index (κ2) is 5.10. The number of rotatable bonds is 3. The standard InChI is InChI=1S/C18H30N2O/c1-17(2)14-9-10-18(17,3)16(21)13(14)7-8-15(19)20-11-5-4-6-12-20/h13-14,19H,4-12H2,1-3H3. The van der Waals surface area contributed by atoms with E-state index in [1.807, 2.05) is 0 Å². The molecule has 3 fully saturated rings. The lowest BCUT2D eigenvalue weighted by molar-refractivity contribution is -0.131. The zero-order chi connectivity index (χ0) is 15.3. The normalized spacial score (nSPS) is 38.0. The maximum absolute atomic E-state index is 12.8. The van der Waals surface area contributed by atoms with Crippen LogP contribution in [0.1, 0.15) is 65.7 Å². The van der Waals surface area contributed by atoms with Crippen LogP contribution < -0.4 is 0 Å². The largest absolute Gasteiger partial charge is 0.361 e. The highest BCUT2D eigenvalue weighted by atomic mass is 16.1. The molecule has 1 aliphatic heterocycles. The Morgan fingerprint density at radius 3 is 2.48 bits per heavy atom. The highest BCUT2D eigenvalue weighted by Gasteiger charge is 2.65. The third-order valence-electron chi connectivity index (χ3n) is 7.10. The first-order chi connectivity index (χ1) is 9.88. The van der Waals surface area contributed by atoms with Gasteiger partial charge in [-0.1, -0.05) is 20.8 Å². The number of nitrogens with one attached hydrogen (secondary N) is 1. The van der Waals surface area contributed by atoms with Crippen molar-refractivity contribution in [2.75, 3.05) is 13.1 Å². The molecule has 3 unspecified atom stereocenters. The zero-order valence-electron chi connectivity index (χ0n) is 13.9. The van der Waals surface area contributed by atoms with Gasteiger partial charge in [0.1, 0.15) is 5.78 Å². The summed E-state index contributed by atoms with van der Waals surface area (Å²) in [7, 11) is 0. The zero-order valence-corrected chi connectivity index (χ0v) is 13.9. The van der Waals surface area contributed by atoms with Crippen LogP contribution in [-0.2, 0) is 4.79 Å². The summed E-state index contributed by atoms with van der Waals surface area (Å²) in [6.07, 6.45) is 7.72. The minimum absolute atomic E-state index is 0.102.